The normalized spacial score (nSPS) is 10.5. The Balaban J connectivity index is 1.59. The molecule has 31 heavy (non-hydrogen) atoms. The number of esters is 2. The SMILES string of the molecule is C=C(C)C(=O)Oc1ccc(-c2ccc(/C=C\C(=O)Oc3ccc(OC)cc3)cc2)cc1. The van der Waals surface area contributed by atoms with E-state index in [1.165, 1.54) is 6.08 Å². The van der Waals surface area contributed by atoms with E-state index in [1.807, 2.05) is 36.4 Å². The van der Waals surface area contributed by atoms with Crippen molar-refractivity contribution in [2.45, 2.75) is 6.92 Å². The van der Waals surface area contributed by atoms with Gasteiger partial charge in [-0.1, -0.05) is 43.0 Å². The number of methoxy groups -OCH3 is 1. The lowest BCUT2D eigenvalue weighted by atomic mass is 10.0. The van der Waals surface area contributed by atoms with E-state index in [9.17, 15) is 9.59 Å². The fraction of sp³-hybridized carbons (Fsp3) is 0.0769. The van der Waals surface area contributed by atoms with Gasteiger partial charge in [0.1, 0.15) is 17.2 Å². The summed E-state index contributed by atoms with van der Waals surface area (Å²) in [5.41, 5.74) is 3.18. The highest BCUT2D eigenvalue weighted by Crippen LogP contribution is 2.24. The second kappa shape index (κ2) is 10.1. The topological polar surface area (TPSA) is 61.8 Å². The van der Waals surface area contributed by atoms with E-state index in [1.54, 1.807) is 56.5 Å². The van der Waals surface area contributed by atoms with Crippen LogP contribution in [0.3, 0.4) is 0 Å². The van der Waals surface area contributed by atoms with Gasteiger partial charge in [-0.15, -0.1) is 0 Å². The number of benzene rings is 3. The molecule has 0 unspecified atom stereocenters. The zero-order chi connectivity index (χ0) is 22.2. The van der Waals surface area contributed by atoms with E-state index < -0.39 is 11.9 Å². The van der Waals surface area contributed by atoms with Gasteiger partial charge in [-0.05, 0) is 66.1 Å². The lowest BCUT2D eigenvalue weighted by Gasteiger charge is -2.06. The number of hydrogen-bond donors (Lipinski definition) is 0. The van der Waals surface area contributed by atoms with Crippen molar-refractivity contribution in [3.05, 3.63) is 96.6 Å². The summed E-state index contributed by atoms with van der Waals surface area (Å²) in [5, 5.41) is 0. The Morgan fingerprint density at radius 1 is 0.742 bits per heavy atom. The summed E-state index contributed by atoms with van der Waals surface area (Å²) in [5.74, 6) is 0.691. The molecule has 0 amide bonds. The van der Waals surface area contributed by atoms with Crippen molar-refractivity contribution in [2.75, 3.05) is 7.11 Å². The minimum atomic E-state index is -0.464. The number of hydrogen-bond acceptors (Lipinski definition) is 5. The summed E-state index contributed by atoms with van der Waals surface area (Å²) in [6.45, 7) is 5.17. The molecule has 0 spiro atoms. The second-order valence-electron chi connectivity index (χ2n) is 6.75. The molecule has 0 atom stereocenters. The largest absolute Gasteiger partial charge is 0.497 e. The molecule has 0 fully saturated rings. The molecule has 0 aromatic heterocycles. The molecule has 3 rings (SSSR count). The monoisotopic (exact) mass is 414 g/mol. The Bertz CT molecular complexity index is 1090. The van der Waals surface area contributed by atoms with Gasteiger partial charge >= 0.3 is 11.9 Å². The van der Waals surface area contributed by atoms with Crippen LogP contribution in [0.1, 0.15) is 12.5 Å². The standard InChI is InChI=1S/C26H22O5/c1-18(2)26(28)31-24-11-9-21(10-12-24)20-7-4-19(5-8-20)6-17-25(27)30-23-15-13-22(29-3)14-16-23/h4-17H,1H2,2-3H3/b17-6-. The van der Waals surface area contributed by atoms with Crippen LogP contribution in [-0.4, -0.2) is 19.0 Å². The molecule has 0 aliphatic rings. The lowest BCUT2D eigenvalue weighted by molar-refractivity contribution is -0.130. The smallest absolute Gasteiger partial charge is 0.338 e. The lowest BCUT2D eigenvalue weighted by Crippen LogP contribution is -2.07. The molecular weight excluding hydrogens is 392 g/mol. The summed E-state index contributed by atoms with van der Waals surface area (Å²) < 4.78 is 15.5. The van der Waals surface area contributed by atoms with Crippen molar-refractivity contribution in [1.82, 2.24) is 0 Å². The third kappa shape index (κ3) is 6.18. The number of rotatable bonds is 7. The van der Waals surface area contributed by atoms with Crippen molar-refractivity contribution in [3.63, 3.8) is 0 Å². The van der Waals surface area contributed by atoms with Crippen molar-refractivity contribution in [1.29, 1.82) is 0 Å². The van der Waals surface area contributed by atoms with E-state index in [4.69, 9.17) is 14.2 Å². The molecule has 0 aliphatic carbocycles. The average molecular weight is 414 g/mol. The summed E-state index contributed by atoms with van der Waals surface area (Å²) in [6.07, 6.45) is 3.07. The highest BCUT2D eigenvalue weighted by atomic mass is 16.5. The molecule has 3 aromatic carbocycles. The van der Waals surface area contributed by atoms with Crippen molar-refractivity contribution >= 4 is 18.0 Å². The predicted molar refractivity (Wildman–Crippen MR) is 120 cm³/mol. The second-order valence-corrected chi connectivity index (χ2v) is 6.75. The van der Waals surface area contributed by atoms with Gasteiger partial charge in [-0.2, -0.15) is 0 Å². The third-order valence-corrected chi connectivity index (χ3v) is 4.35. The van der Waals surface area contributed by atoms with Crippen LogP contribution in [0.5, 0.6) is 17.2 Å². The first-order chi connectivity index (χ1) is 14.9. The van der Waals surface area contributed by atoms with Gasteiger partial charge in [0.05, 0.1) is 7.11 Å². The quantitative estimate of drug-likeness (QED) is 0.292. The highest BCUT2D eigenvalue weighted by molar-refractivity contribution is 5.89. The summed E-state index contributed by atoms with van der Waals surface area (Å²) in [6, 6.07) is 21.7. The van der Waals surface area contributed by atoms with Crippen LogP contribution in [-0.2, 0) is 9.59 Å². The highest BCUT2D eigenvalue weighted by Gasteiger charge is 2.06. The van der Waals surface area contributed by atoms with Crippen LogP contribution in [0.2, 0.25) is 0 Å². The van der Waals surface area contributed by atoms with E-state index >= 15 is 0 Å². The van der Waals surface area contributed by atoms with Crippen molar-refractivity contribution < 1.29 is 23.8 Å². The van der Waals surface area contributed by atoms with E-state index in [2.05, 4.69) is 6.58 Å². The van der Waals surface area contributed by atoms with Crippen LogP contribution >= 0.6 is 0 Å². The molecule has 0 radical (unpaired) electrons. The maximum absolute atomic E-state index is 12.0. The van der Waals surface area contributed by atoms with Crippen molar-refractivity contribution in [2.24, 2.45) is 0 Å². The predicted octanol–water partition coefficient (Wildman–Crippen LogP) is 5.46. The first kappa shape index (κ1) is 21.6. The maximum Gasteiger partial charge on any atom is 0.338 e. The maximum atomic E-state index is 12.0. The molecule has 0 heterocycles. The molecule has 0 saturated heterocycles. The minimum Gasteiger partial charge on any atom is -0.497 e. The summed E-state index contributed by atoms with van der Waals surface area (Å²) >= 11 is 0. The fourth-order valence-electron chi connectivity index (χ4n) is 2.65. The molecule has 156 valence electrons. The Kier molecular flexibility index (Phi) is 7.01. The van der Waals surface area contributed by atoms with Gasteiger partial charge in [-0.25, -0.2) is 9.59 Å². The van der Waals surface area contributed by atoms with Gasteiger partial charge in [0.25, 0.3) is 0 Å². The Morgan fingerprint density at radius 2 is 1.23 bits per heavy atom. The van der Waals surface area contributed by atoms with Crippen LogP contribution in [0, 0.1) is 0 Å². The van der Waals surface area contributed by atoms with Crippen LogP contribution in [0.4, 0.5) is 0 Å². The van der Waals surface area contributed by atoms with Crippen LogP contribution in [0.15, 0.2) is 91.0 Å². The van der Waals surface area contributed by atoms with Crippen LogP contribution < -0.4 is 14.2 Å². The molecule has 5 nitrogen and oxygen atoms in total. The van der Waals surface area contributed by atoms with Gasteiger partial charge in [0.2, 0.25) is 0 Å². The summed E-state index contributed by atoms with van der Waals surface area (Å²) in [4.78, 5) is 23.6. The molecule has 0 bridgehead atoms. The average Bonchev–Trinajstić information content (AvgIpc) is 2.79. The first-order valence-corrected chi connectivity index (χ1v) is 9.57. The summed E-state index contributed by atoms with van der Waals surface area (Å²) in [7, 11) is 1.58. The van der Waals surface area contributed by atoms with E-state index in [0.717, 1.165) is 16.7 Å². The molecule has 0 aliphatic heterocycles. The Labute approximate surface area is 181 Å². The zero-order valence-electron chi connectivity index (χ0n) is 17.3. The molecule has 0 saturated carbocycles. The molecule has 5 heteroatoms. The van der Waals surface area contributed by atoms with Gasteiger partial charge in [-0.3, -0.25) is 0 Å². The Morgan fingerprint density at radius 3 is 1.77 bits per heavy atom. The number of carbonyl (C=O) groups excluding carboxylic acids is 2. The molecule has 3 aromatic rings. The van der Waals surface area contributed by atoms with Gasteiger partial charge < -0.3 is 14.2 Å². The first-order valence-electron chi connectivity index (χ1n) is 9.57. The zero-order valence-corrected chi connectivity index (χ0v) is 17.3. The van der Waals surface area contributed by atoms with Crippen LogP contribution in [0.25, 0.3) is 17.2 Å². The Hall–Kier alpha value is -4.12. The fourth-order valence-corrected chi connectivity index (χ4v) is 2.65. The van der Waals surface area contributed by atoms with Crippen molar-refractivity contribution in [3.8, 4) is 28.4 Å². The molecular formula is C26H22O5. The van der Waals surface area contributed by atoms with E-state index in [0.29, 0.717) is 22.8 Å². The molecule has 0 N–H and O–H groups in total. The number of carbonyl (C=O) groups is 2. The number of ether oxygens (including phenoxy) is 3. The van der Waals surface area contributed by atoms with Gasteiger partial charge in [0.15, 0.2) is 0 Å². The van der Waals surface area contributed by atoms with E-state index in [-0.39, 0.29) is 0 Å². The minimum absolute atomic E-state index is 0.348. The van der Waals surface area contributed by atoms with Gasteiger partial charge in [0, 0.05) is 11.6 Å². The third-order valence-electron chi connectivity index (χ3n) is 4.35.